The average Bonchev–Trinajstić information content (AvgIpc) is 2.42. The lowest BCUT2D eigenvalue weighted by Gasteiger charge is -2.28. The summed E-state index contributed by atoms with van der Waals surface area (Å²) in [7, 11) is 0. The van der Waals surface area contributed by atoms with Crippen LogP contribution in [0.25, 0.3) is 0 Å². The Bertz CT molecular complexity index is 594. The standard InChI is InChI=1S/C15H17NO5/c1-8(2)14-15(20)16-10-7-9(3-5-12(10)21-14)11(17)4-6-13(18)19/h3,5,7-8,14H,4,6H2,1-2H3,(H,16,20)(H,18,19). The minimum absolute atomic E-state index is 0.0371. The first kappa shape index (κ1) is 15.0. The number of fused-ring (bicyclic) bond motifs is 1. The van der Waals surface area contributed by atoms with Crippen LogP contribution in [-0.4, -0.2) is 28.9 Å². The summed E-state index contributed by atoms with van der Waals surface area (Å²) in [6, 6.07) is 4.73. The molecule has 1 amide bonds. The Morgan fingerprint density at radius 2 is 2.05 bits per heavy atom. The van der Waals surface area contributed by atoms with Gasteiger partial charge in [0, 0.05) is 12.0 Å². The van der Waals surface area contributed by atoms with Gasteiger partial charge in [-0.3, -0.25) is 14.4 Å². The Morgan fingerprint density at radius 1 is 1.33 bits per heavy atom. The number of anilines is 1. The lowest BCUT2D eigenvalue weighted by atomic mass is 10.0. The molecule has 2 N–H and O–H groups in total. The molecule has 0 bridgehead atoms. The summed E-state index contributed by atoms with van der Waals surface area (Å²) in [5.74, 6) is -0.983. The van der Waals surface area contributed by atoms with Crippen LogP contribution >= 0.6 is 0 Å². The van der Waals surface area contributed by atoms with Gasteiger partial charge in [0.15, 0.2) is 11.9 Å². The number of aliphatic carboxylic acids is 1. The van der Waals surface area contributed by atoms with Crippen molar-refractivity contribution in [3.8, 4) is 5.75 Å². The SMILES string of the molecule is CC(C)C1Oc2ccc(C(=O)CCC(=O)O)cc2NC1=O. The number of carbonyl (C=O) groups is 3. The third kappa shape index (κ3) is 3.39. The minimum Gasteiger partial charge on any atom is -0.481 e. The molecule has 2 rings (SSSR count). The van der Waals surface area contributed by atoms with Gasteiger partial charge in [-0.2, -0.15) is 0 Å². The molecule has 1 unspecified atom stereocenters. The summed E-state index contributed by atoms with van der Waals surface area (Å²) in [5.41, 5.74) is 0.806. The molecule has 0 saturated carbocycles. The van der Waals surface area contributed by atoms with Crippen LogP contribution in [0.2, 0.25) is 0 Å². The Balaban J connectivity index is 2.17. The number of carboxylic acids is 1. The van der Waals surface area contributed by atoms with Crippen molar-refractivity contribution >= 4 is 23.3 Å². The molecule has 1 atom stereocenters. The van der Waals surface area contributed by atoms with E-state index >= 15 is 0 Å². The van der Waals surface area contributed by atoms with Crippen LogP contribution in [0.3, 0.4) is 0 Å². The van der Waals surface area contributed by atoms with Crippen molar-refractivity contribution in [3.63, 3.8) is 0 Å². The van der Waals surface area contributed by atoms with E-state index in [-0.39, 0.29) is 30.4 Å². The number of carboxylic acid groups (broad SMARTS) is 1. The second-order valence-electron chi connectivity index (χ2n) is 5.30. The highest BCUT2D eigenvalue weighted by atomic mass is 16.5. The topological polar surface area (TPSA) is 92.7 Å². The first-order chi connectivity index (χ1) is 9.88. The molecule has 0 radical (unpaired) electrons. The van der Waals surface area contributed by atoms with E-state index in [1.54, 1.807) is 12.1 Å². The Labute approximate surface area is 122 Å². The normalized spacial score (nSPS) is 16.9. The van der Waals surface area contributed by atoms with Crippen molar-refractivity contribution in [1.29, 1.82) is 0 Å². The molecule has 0 aliphatic carbocycles. The first-order valence-electron chi connectivity index (χ1n) is 6.75. The monoisotopic (exact) mass is 291 g/mol. The van der Waals surface area contributed by atoms with Crippen molar-refractivity contribution < 1.29 is 24.2 Å². The van der Waals surface area contributed by atoms with E-state index in [4.69, 9.17) is 9.84 Å². The van der Waals surface area contributed by atoms with Crippen molar-refractivity contribution in [2.75, 3.05) is 5.32 Å². The fourth-order valence-electron chi connectivity index (χ4n) is 2.10. The summed E-state index contributed by atoms with van der Waals surface area (Å²) < 4.78 is 5.62. The summed E-state index contributed by atoms with van der Waals surface area (Å²) in [5, 5.41) is 11.3. The maximum absolute atomic E-state index is 11.9. The molecule has 1 aliphatic rings. The molecular formula is C15H17NO5. The fraction of sp³-hybridized carbons (Fsp3) is 0.400. The van der Waals surface area contributed by atoms with Crippen LogP contribution in [0.1, 0.15) is 37.0 Å². The number of Topliss-reactive ketones (excluding diaryl/α,β-unsaturated/α-hetero) is 1. The number of amides is 1. The lowest BCUT2D eigenvalue weighted by molar-refractivity contribution is -0.137. The Kier molecular flexibility index (Phi) is 4.26. The smallest absolute Gasteiger partial charge is 0.303 e. The summed E-state index contributed by atoms with van der Waals surface area (Å²) in [6.45, 7) is 3.78. The zero-order valence-corrected chi connectivity index (χ0v) is 11.9. The molecule has 1 heterocycles. The van der Waals surface area contributed by atoms with Crippen molar-refractivity contribution in [2.24, 2.45) is 5.92 Å². The van der Waals surface area contributed by atoms with Crippen LogP contribution in [0.15, 0.2) is 18.2 Å². The van der Waals surface area contributed by atoms with Crippen LogP contribution in [0.5, 0.6) is 5.75 Å². The van der Waals surface area contributed by atoms with Crippen molar-refractivity contribution in [2.45, 2.75) is 32.8 Å². The number of rotatable bonds is 5. The molecule has 6 nitrogen and oxygen atoms in total. The second kappa shape index (κ2) is 5.95. The number of ketones is 1. The molecule has 0 saturated heterocycles. The molecule has 0 fully saturated rings. The van der Waals surface area contributed by atoms with Gasteiger partial charge in [-0.15, -0.1) is 0 Å². The molecule has 1 aromatic rings. The number of hydrogen-bond donors (Lipinski definition) is 2. The Hall–Kier alpha value is -2.37. The molecule has 1 aliphatic heterocycles. The van der Waals surface area contributed by atoms with Gasteiger partial charge in [0.05, 0.1) is 12.1 Å². The summed E-state index contributed by atoms with van der Waals surface area (Å²) >= 11 is 0. The average molecular weight is 291 g/mol. The third-order valence-electron chi connectivity index (χ3n) is 3.24. The molecule has 0 aromatic heterocycles. The van der Waals surface area contributed by atoms with Gasteiger partial charge in [0.25, 0.3) is 5.91 Å². The fourth-order valence-corrected chi connectivity index (χ4v) is 2.10. The third-order valence-corrected chi connectivity index (χ3v) is 3.24. The van der Waals surface area contributed by atoms with Gasteiger partial charge in [-0.25, -0.2) is 0 Å². The van der Waals surface area contributed by atoms with E-state index in [0.29, 0.717) is 17.0 Å². The number of hydrogen-bond acceptors (Lipinski definition) is 4. The van der Waals surface area contributed by atoms with Gasteiger partial charge in [-0.05, 0) is 24.1 Å². The van der Waals surface area contributed by atoms with Crippen molar-refractivity contribution in [1.82, 2.24) is 0 Å². The van der Waals surface area contributed by atoms with Gasteiger partial charge >= 0.3 is 5.97 Å². The largest absolute Gasteiger partial charge is 0.481 e. The van der Waals surface area contributed by atoms with E-state index in [1.165, 1.54) is 6.07 Å². The zero-order valence-electron chi connectivity index (χ0n) is 11.9. The van der Waals surface area contributed by atoms with E-state index in [2.05, 4.69) is 5.32 Å². The molecular weight excluding hydrogens is 274 g/mol. The molecule has 21 heavy (non-hydrogen) atoms. The minimum atomic E-state index is -1.02. The van der Waals surface area contributed by atoms with Crippen LogP contribution < -0.4 is 10.1 Å². The van der Waals surface area contributed by atoms with E-state index in [1.807, 2.05) is 13.8 Å². The van der Waals surface area contributed by atoms with E-state index in [9.17, 15) is 14.4 Å². The predicted molar refractivity (Wildman–Crippen MR) is 75.5 cm³/mol. The second-order valence-corrected chi connectivity index (χ2v) is 5.30. The van der Waals surface area contributed by atoms with Crippen molar-refractivity contribution in [3.05, 3.63) is 23.8 Å². The quantitative estimate of drug-likeness (QED) is 0.810. The van der Waals surface area contributed by atoms with E-state index in [0.717, 1.165) is 0 Å². The number of ether oxygens (including phenoxy) is 1. The zero-order chi connectivity index (χ0) is 15.6. The molecule has 6 heteroatoms. The van der Waals surface area contributed by atoms with Crippen LogP contribution in [0.4, 0.5) is 5.69 Å². The lowest BCUT2D eigenvalue weighted by Crippen LogP contribution is -2.40. The molecule has 1 aromatic carbocycles. The summed E-state index contributed by atoms with van der Waals surface area (Å²) in [6.07, 6.45) is -0.836. The number of nitrogens with one attached hydrogen (secondary N) is 1. The van der Waals surface area contributed by atoms with Crippen LogP contribution in [0, 0.1) is 5.92 Å². The summed E-state index contributed by atoms with van der Waals surface area (Å²) in [4.78, 5) is 34.2. The van der Waals surface area contributed by atoms with Gasteiger partial charge < -0.3 is 15.2 Å². The Morgan fingerprint density at radius 3 is 2.67 bits per heavy atom. The molecule has 0 spiro atoms. The highest BCUT2D eigenvalue weighted by Crippen LogP contribution is 2.32. The van der Waals surface area contributed by atoms with Gasteiger partial charge in [-0.1, -0.05) is 13.8 Å². The highest BCUT2D eigenvalue weighted by molar-refractivity contribution is 6.02. The highest BCUT2D eigenvalue weighted by Gasteiger charge is 2.30. The first-order valence-corrected chi connectivity index (χ1v) is 6.75. The maximum Gasteiger partial charge on any atom is 0.303 e. The molecule has 112 valence electrons. The van der Waals surface area contributed by atoms with Crippen LogP contribution in [-0.2, 0) is 9.59 Å². The van der Waals surface area contributed by atoms with Gasteiger partial charge in [0.2, 0.25) is 0 Å². The number of carbonyl (C=O) groups excluding carboxylic acids is 2. The van der Waals surface area contributed by atoms with E-state index < -0.39 is 12.1 Å². The van der Waals surface area contributed by atoms with Gasteiger partial charge in [0.1, 0.15) is 5.75 Å². The maximum atomic E-state index is 11.9. The number of benzene rings is 1. The predicted octanol–water partition coefficient (Wildman–Crippen LogP) is 2.09.